The largest absolute Gasteiger partial charge is 0.617 e. The first-order valence-electron chi connectivity index (χ1n) is 5.38. The summed E-state index contributed by atoms with van der Waals surface area (Å²) in [6.07, 6.45) is 0. The quantitative estimate of drug-likeness (QED) is 0.506. The van der Waals surface area contributed by atoms with Crippen LogP contribution in [0.1, 0.15) is 0 Å². The van der Waals surface area contributed by atoms with E-state index in [1.165, 1.54) is 30.3 Å². The van der Waals surface area contributed by atoms with Gasteiger partial charge in [-0.2, -0.15) is 0 Å². The first-order valence-corrected chi connectivity index (χ1v) is 6.13. The number of pyridine rings is 1. The van der Waals surface area contributed by atoms with Gasteiger partial charge >= 0.3 is 6.03 Å². The Balaban J connectivity index is 2.09. The molecule has 2 N–H and O–H groups in total. The van der Waals surface area contributed by atoms with Gasteiger partial charge in [-0.25, -0.2) is 9.18 Å². The van der Waals surface area contributed by atoms with E-state index < -0.39 is 11.8 Å². The van der Waals surface area contributed by atoms with Crippen LogP contribution in [0.15, 0.2) is 36.4 Å². The minimum atomic E-state index is -0.619. The van der Waals surface area contributed by atoms with E-state index in [4.69, 9.17) is 23.2 Å². The summed E-state index contributed by atoms with van der Waals surface area (Å²) in [6.45, 7) is 0. The molecule has 0 aliphatic rings. The highest BCUT2D eigenvalue weighted by Crippen LogP contribution is 2.17. The van der Waals surface area contributed by atoms with Crippen LogP contribution in [-0.4, -0.2) is 6.03 Å². The van der Waals surface area contributed by atoms with E-state index in [0.29, 0.717) is 4.73 Å². The Bertz CT molecular complexity index is 644. The molecule has 0 aliphatic heterocycles. The Morgan fingerprint density at radius 2 is 1.70 bits per heavy atom. The highest BCUT2D eigenvalue weighted by Gasteiger charge is 2.12. The van der Waals surface area contributed by atoms with Gasteiger partial charge in [0.2, 0.25) is 0 Å². The molecule has 8 heteroatoms. The third-order valence-corrected chi connectivity index (χ3v) is 2.80. The SMILES string of the molecule is O=C(Nc1cccc(F)c1)Nc1cc(Cl)[n+]([O-])c(Cl)c1. The van der Waals surface area contributed by atoms with Gasteiger partial charge in [-0.1, -0.05) is 6.07 Å². The van der Waals surface area contributed by atoms with Crippen LogP contribution in [0.25, 0.3) is 0 Å². The van der Waals surface area contributed by atoms with Crippen LogP contribution in [0.3, 0.4) is 0 Å². The first-order chi connectivity index (χ1) is 9.45. The smallest absolute Gasteiger partial charge is 0.323 e. The number of halogens is 3. The van der Waals surface area contributed by atoms with Gasteiger partial charge in [0.15, 0.2) is 0 Å². The van der Waals surface area contributed by atoms with Crippen molar-refractivity contribution in [2.24, 2.45) is 0 Å². The van der Waals surface area contributed by atoms with Crippen molar-refractivity contribution in [3.05, 3.63) is 57.7 Å². The van der Waals surface area contributed by atoms with E-state index in [-0.39, 0.29) is 21.7 Å². The van der Waals surface area contributed by atoms with Crippen LogP contribution in [0, 0.1) is 11.0 Å². The third-order valence-electron chi connectivity index (χ3n) is 2.28. The normalized spacial score (nSPS) is 10.2. The van der Waals surface area contributed by atoms with Crippen molar-refractivity contribution in [2.45, 2.75) is 0 Å². The number of nitrogens with zero attached hydrogens (tertiary/aromatic N) is 1. The van der Waals surface area contributed by atoms with E-state index in [1.807, 2.05) is 0 Å². The molecule has 0 fully saturated rings. The van der Waals surface area contributed by atoms with Gasteiger partial charge in [-0.05, 0) is 41.4 Å². The Hall–Kier alpha value is -2.05. The van der Waals surface area contributed by atoms with Gasteiger partial charge in [0.1, 0.15) is 5.82 Å². The Morgan fingerprint density at radius 3 is 2.30 bits per heavy atom. The number of anilines is 2. The minimum absolute atomic E-state index is 0.182. The molecule has 1 aromatic carbocycles. The molecule has 0 saturated carbocycles. The van der Waals surface area contributed by atoms with Crippen molar-refractivity contribution in [3.8, 4) is 0 Å². The van der Waals surface area contributed by atoms with E-state index in [9.17, 15) is 14.4 Å². The molecule has 1 aromatic heterocycles. The van der Waals surface area contributed by atoms with Gasteiger partial charge in [0, 0.05) is 17.8 Å². The van der Waals surface area contributed by atoms with Crippen LogP contribution in [0.5, 0.6) is 0 Å². The zero-order valence-electron chi connectivity index (χ0n) is 9.86. The maximum atomic E-state index is 13.0. The monoisotopic (exact) mass is 315 g/mol. The average molecular weight is 316 g/mol. The number of rotatable bonds is 2. The number of hydrogen-bond acceptors (Lipinski definition) is 2. The summed E-state index contributed by atoms with van der Waals surface area (Å²) in [5, 5.41) is 15.7. The lowest BCUT2D eigenvalue weighted by Gasteiger charge is -2.08. The van der Waals surface area contributed by atoms with Crippen molar-refractivity contribution >= 4 is 40.6 Å². The molecule has 0 spiro atoms. The fraction of sp³-hybridized carbons (Fsp3) is 0. The van der Waals surface area contributed by atoms with E-state index in [0.717, 1.165) is 6.07 Å². The third kappa shape index (κ3) is 3.49. The second-order valence-electron chi connectivity index (χ2n) is 3.77. The fourth-order valence-electron chi connectivity index (χ4n) is 1.45. The van der Waals surface area contributed by atoms with Crippen molar-refractivity contribution < 1.29 is 13.9 Å². The summed E-state index contributed by atoms with van der Waals surface area (Å²) in [4.78, 5) is 11.7. The molecule has 5 nitrogen and oxygen atoms in total. The van der Waals surface area contributed by atoms with E-state index >= 15 is 0 Å². The molecule has 104 valence electrons. The number of benzene rings is 1. The van der Waals surface area contributed by atoms with Crippen LogP contribution in [0.2, 0.25) is 10.3 Å². The summed E-state index contributed by atoms with van der Waals surface area (Å²) in [5.41, 5.74) is 0.524. The van der Waals surface area contributed by atoms with Gasteiger partial charge in [0.05, 0.1) is 5.69 Å². The highest BCUT2D eigenvalue weighted by atomic mass is 35.5. The number of urea groups is 1. The highest BCUT2D eigenvalue weighted by molar-refractivity contribution is 6.31. The number of carbonyl (C=O) groups is 1. The molecule has 2 amide bonds. The van der Waals surface area contributed by atoms with Gasteiger partial charge < -0.3 is 15.8 Å². The molecule has 2 rings (SSSR count). The Labute approximate surface area is 123 Å². The number of hydrogen-bond donors (Lipinski definition) is 2. The van der Waals surface area contributed by atoms with Crippen LogP contribution >= 0.6 is 23.2 Å². The van der Waals surface area contributed by atoms with Gasteiger partial charge in [-0.3, -0.25) is 0 Å². The molecule has 2 aromatic rings. The lowest BCUT2D eigenvalue weighted by Crippen LogP contribution is -2.29. The number of aromatic nitrogens is 1. The van der Waals surface area contributed by atoms with Crippen molar-refractivity contribution in [3.63, 3.8) is 0 Å². The average Bonchev–Trinajstić information content (AvgIpc) is 2.35. The molecule has 0 radical (unpaired) electrons. The van der Waals surface area contributed by atoms with Crippen molar-refractivity contribution in [1.29, 1.82) is 0 Å². The Kier molecular flexibility index (Phi) is 4.26. The maximum Gasteiger partial charge on any atom is 0.323 e. The summed E-state index contributed by atoms with van der Waals surface area (Å²) < 4.78 is 13.3. The second-order valence-corrected chi connectivity index (χ2v) is 4.55. The second kappa shape index (κ2) is 5.94. The lowest BCUT2D eigenvalue weighted by atomic mass is 10.3. The summed E-state index contributed by atoms with van der Waals surface area (Å²) >= 11 is 11.3. The summed E-state index contributed by atoms with van der Waals surface area (Å²) in [7, 11) is 0. The standard InChI is InChI=1S/C12H8Cl2FN3O2/c13-10-5-9(6-11(14)18(10)20)17-12(19)16-8-3-1-2-7(15)4-8/h1-6H,(H2,16,17,19). The van der Waals surface area contributed by atoms with Gasteiger partial charge in [0.25, 0.3) is 10.3 Å². The topological polar surface area (TPSA) is 68.1 Å². The molecule has 20 heavy (non-hydrogen) atoms. The molecule has 0 saturated heterocycles. The summed E-state index contributed by atoms with van der Waals surface area (Å²) in [6, 6.07) is 7.27. The maximum absolute atomic E-state index is 13.0. The summed E-state index contributed by atoms with van der Waals surface area (Å²) in [5.74, 6) is -0.471. The van der Waals surface area contributed by atoms with Crippen molar-refractivity contribution in [1.82, 2.24) is 0 Å². The lowest BCUT2D eigenvalue weighted by molar-refractivity contribution is -0.600. The van der Waals surface area contributed by atoms with Crippen molar-refractivity contribution in [2.75, 3.05) is 10.6 Å². The molecular weight excluding hydrogens is 308 g/mol. The first kappa shape index (κ1) is 14.4. The van der Waals surface area contributed by atoms with Gasteiger partial charge in [-0.15, -0.1) is 4.73 Å². The Morgan fingerprint density at radius 1 is 1.10 bits per heavy atom. The van der Waals surface area contributed by atoms with Crippen LogP contribution in [-0.2, 0) is 0 Å². The zero-order chi connectivity index (χ0) is 14.7. The molecule has 0 unspecified atom stereocenters. The molecule has 0 atom stereocenters. The molecule has 1 heterocycles. The molecule has 0 aliphatic carbocycles. The minimum Gasteiger partial charge on any atom is -0.617 e. The van der Waals surface area contributed by atoms with Crippen LogP contribution < -0.4 is 15.4 Å². The number of nitrogens with one attached hydrogen (secondary N) is 2. The fourth-order valence-corrected chi connectivity index (χ4v) is 1.91. The predicted octanol–water partition coefficient (Wildman–Crippen LogP) is 3.41. The number of carbonyl (C=O) groups excluding carboxylic acids is 1. The molecular formula is C12H8Cl2FN3O2. The van der Waals surface area contributed by atoms with E-state index in [1.54, 1.807) is 0 Å². The molecule has 0 bridgehead atoms. The van der Waals surface area contributed by atoms with E-state index in [2.05, 4.69) is 10.6 Å². The predicted molar refractivity (Wildman–Crippen MR) is 74.5 cm³/mol. The zero-order valence-corrected chi connectivity index (χ0v) is 11.4. The number of amides is 2. The van der Waals surface area contributed by atoms with Crippen LogP contribution in [0.4, 0.5) is 20.6 Å².